The van der Waals surface area contributed by atoms with Crippen LogP contribution in [0.25, 0.3) is 0 Å². The highest BCUT2D eigenvalue weighted by atomic mass is 79.9. The fourth-order valence-corrected chi connectivity index (χ4v) is 1.52. The Balaban J connectivity index is 2.16. The van der Waals surface area contributed by atoms with Crippen molar-refractivity contribution in [1.29, 1.82) is 0 Å². The van der Waals surface area contributed by atoms with Crippen molar-refractivity contribution >= 4 is 15.9 Å². The summed E-state index contributed by atoms with van der Waals surface area (Å²) in [6.45, 7) is 0. The lowest BCUT2D eigenvalue weighted by Gasteiger charge is -2.05. The van der Waals surface area contributed by atoms with Gasteiger partial charge in [0.2, 0.25) is 5.88 Å². The van der Waals surface area contributed by atoms with E-state index in [1.54, 1.807) is 18.2 Å². The van der Waals surface area contributed by atoms with E-state index < -0.39 is 0 Å². The van der Waals surface area contributed by atoms with Gasteiger partial charge in [0, 0.05) is 11.4 Å². The number of aromatic nitrogens is 1. The van der Waals surface area contributed by atoms with Gasteiger partial charge in [-0.05, 0) is 30.3 Å². The molecule has 0 radical (unpaired) electrons. The van der Waals surface area contributed by atoms with Crippen LogP contribution in [0.3, 0.4) is 0 Å². The lowest BCUT2D eigenvalue weighted by molar-refractivity contribution is 0.460. The second-order valence-electron chi connectivity index (χ2n) is 3.16. The summed E-state index contributed by atoms with van der Waals surface area (Å²) in [5.74, 6) is 0.790. The number of alkyl halides is 1. The molecule has 82 valence electrons. The van der Waals surface area contributed by atoms with Gasteiger partial charge < -0.3 is 4.74 Å². The van der Waals surface area contributed by atoms with Crippen molar-refractivity contribution in [3.05, 3.63) is 54.0 Å². The Hall–Kier alpha value is -1.42. The Kier molecular flexibility index (Phi) is 3.51. The van der Waals surface area contributed by atoms with Crippen molar-refractivity contribution in [3.8, 4) is 11.6 Å². The smallest absolute Gasteiger partial charge is 0.219 e. The van der Waals surface area contributed by atoms with Crippen LogP contribution in [0.15, 0.2) is 42.5 Å². The largest absolute Gasteiger partial charge is 0.439 e. The summed E-state index contributed by atoms with van der Waals surface area (Å²) in [6.07, 6.45) is 0. The van der Waals surface area contributed by atoms with Gasteiger partial charge in [-0.2, -0.15) is 0 Å². The summed E-state index contributed by atoms with van der Waals surface area (Å²) in [6, 6.07) is 11.4. The molecule has 0 aliphatic heterocycles. The molecule has 2 aromatic rings. The van der Waals surface area contributed by atoms with Crippen LogP contribution in [0.2, 0.25) is 0 Å². The highest BCUT2D eigenvalue weighted by Gasteiger charge is 2.00. The average molecular weight is 282 g/mol. The van der Waals surface area contributed by atoms with E-state index in [0.29, 0.717) is 17.0 Å². The van der Waals surface area contributed by atoms with Crippen molar-refractivity contribution in [1.82, 2.24) is 4.98 Å². The lowest BCUT2D eigenvalue weighted by Crippen LogP contribution is -1.90. The molecule has 1 aromatic heterocycles. The van der Waals surface area contributed by atoms with Crippen LogP contribution in [0.5, 0.6) is 11.6 Å². The number of nitrogens with zero attached hydrogens (tertiary/aromatic N) is 1. The standard InChI is InChI=1S/C12H9BrFNO/c13-8-10-2-1-3-12(15-10)16-11-6-4-9(14)5-7-11/h1-7H,8H2. The predicted octanol–water partition coefficient (Wildman–Crippen LogP) is 3.91. The highest BCUT2D eigenvalue weighted by Crippen LogP contribution is 2.20. The summed E-state index contributed by atoms with van der Waals surface area (Å²) in [4.78, 5) is 4.25. The molecule has 16 heavy (non-hydrogen) atoms. The molecule has 0 aliphatic carbocycles. The lowest BCUT2D eigenvalue weighted by atomic mass is 10.3. The van der Waals surface area contributed by atoms with Gasteiger partial charge in [0.1, 0.15) is 11.6 Å². The molecule has 2 nitrogen and oxygen atoms in total. The van der Waals surface area contributed by atoms with Crippen molar-refractivity contribution in [2.45, 2.75) is 5.33 Å². The van der Waals surface area contributed by atoms with Crippen molar-refractivity contribution in [2.24, 2.45) is 0 Å². The first-order valence-corrected chi connectivity index (χ1v) is 5.85. The third-order valence-electron chi connectivity index (χ3n) is 1.95. The molecule has 1 aromatic carbocycles. The SMILES string of the molecule is Fc1ccc(Oc2cccc(CBr)n2)cc1. The van der Waals surface area contributed by atoms with Gasteiger partial charge >= 0.3 is 0 Å². The maximum Gasteiger partial charge on any atom is 0.219 e. The number of halogens is 2. The van der Waals surface area contributed by atoms with E-state index in [0.717, 1.165) is 5.69 Å². The fourth-order valence-electron chi connectivity index (χ4n) is 1.21. The summed E-state index contributed by atoms with van der Waals surface area (Å²) >= 11 is 3.32. The molecule has 0 amide bonds. The molecule has 0 saturated carbocycles. The number of ether oxygens (including phenoxy) is 1. The van der Waals surface area contributed by atoms with Gasteiger partial charge in [0.25, 0.3) is 0 Å². The van der Waals surface area contributed by atoms with Crippen LogP contribution < -0.4 is 4.74 Å². The van der Waals surface area contributed by atoms with Gasteiger partial charge in [0.15, 0.2) is 0 Å². The first kappa shape index (κ1) is 11.1. The summed E-state index contributed by atoms with van der Waals surface area (Å²) in [5, 5.41) is 0.674. The molecule has 0 aliphatic rings. The third-order valence-corrected chi connectivity index (χ3v) is 2.53. The number of pyridine rings is 1. The third kappa shape index (κ3) is 2.79. The molecule has 0 N–H and O–H groups in total. The second kappa shape index (κ2) is 5.07. The van der Waals surface area contributed by atoms with Crippen molar-refractivity contribution in [2.75, 3.05) is 0 Å². The molecular weight excluding hydrogens is 273 g/mol. The summed E-state index contributed by atoms with van der Waals surface area (Å²) in [5.41, 5.74) is 0.889. The number of hydrogen-bond donors (Lipinski definition) is 0. The Bertz CT molecular complexity index is 473. The van der Waals surface area contributed by atoms with Gasteiger partial charge in [0.05, 0.1) is 5.69 Å². The minimum Gasteiger partial charge on any atom is -0.439 e. The minimum absolute atomic E-state index is 0.283. The zero-order chi connectivity index (χ0) is 11.4. The number of hydrogen-bond acceptors (Lipinski definition) is 2. The molecule has 0 fully saturated rings. The minimum atomic E-state index is -0.283. The molecule has 1 heterocycles. The van der Waals surface area contributed by atoms with Gasteiger partial charge in [-0.3, -0.25) is 0 Å². The first-order valence-electron chi connectivity index (χ1n) is 4.73. The predicted molar refractivity (Wildman–Crippen MR) is 63.3 cm³/mol. The van der Waals surface area contributed by atoms with E-state index in [2.05, 4.69) is 20.9 Å². The molecule has 0 saturated heterocycles. The number of rotatable bonds is 3. The monoisotopic (exact) mass is 281 g/mol. The normalized spacial score (nSPS) is 10.1. The van der Waals surface area contributed by atoms with Crippen LogP contribution in [0.4, 0.5) is 4.39 Å². The molecule has 0 spiro atoms. The molecule has 4 heteroatoms. The topological polar surface area (TPSA) is 22.1 Å². The van der Waals surface area contributed by atoms with Crippen LogP contribution in [0, 0.1) is 5.82 Å². The summed E-state index contributed by atoms with van der Waals surface area (Å²) < 4.78 is 18.1. The Morgan fingerprint density at radius 3 is 2.56 bits per heavy atom. The Morgan fingerprint density at radius 1 is 1.12 bits per heavy atom. The van der Waals surface area contributed by atoms with Crippen LogP contribution >= 0.6 is 15.9 Å². The van der Waals surface area contributed by atoms with Crippen molar-refractivity contribution in [3.63, 3.8) is 0 Å². The van der Waals surface area contributed by atoms with E-state index in [1.807, 2.05) is 12.1 Å². The molecule has 2 rings (SSSR count). The van der Waals surface area contributed by atoms with E-state index in [-0.39, 0.29) is 5.82 Å². The fraction of sp³-hybridized carbons (Fsp3) is 0.0833. The van der Waals surface area contributed by atoms with Crippen LogP contribution in [0.1, 0.15) is 5.69 Å². The maximum atomic E-state index is 12.7. The zero-order valence-electron chi connectivity index (χ0n) is 8.36. The van der Waals surface area contributed by atoms with E-state index in [9.17, 15) is 4.39 Å². The highest BCUT2D eigenvalue weighted by molar-refractivity contribution is 9.08. The Labute approximate surface area is 101 Å². The van der Waals surface area contributed by atoms with E-state index >= 15 is 0 Å². The maximum absolute atomic E-state index is 12.7. The van der Waals surface area contributed by atoms with Gasteiger partial charge in [-0.1, -0.05) is 22.0 Å². The van der Waals surface area contributed by atoms with Crippen molar-refractivity contribution < 1.29 is 9.13 Å². The van der Waals surface area contributed by atoms with Gasteiger partial charge in [-0.25, -0.2) is 9.37 Å². The molecule has 0 unspecified atom stereocenters. The van der Waals surface area contributed by atoms with Crippen LogP contribution in [-0.4, -0.2) is 4.98 Å². The Morgan fingerprint density at radius 2 is 1.88 bits per heavy atom. The summed E-state index contributed by atoms with van der Waals surface area (Å²) in [7, 11) is 0. The molecule has 0 bridgehead atoms. The number of benzene rings is 1. The second-order valence-corrected chi connectivity index (χ2v) is 3.72. The quantitative estimate of drug-likeness (QED) is 0.796. The van der Waals surface area contributed by atoms with E-state index in [1.165, 1.54) is 12.1 Å². The first-order chi connectivity index (χ1) is 7.78. The van der Waals surface area contributed by atoms with Crippen LogP contribution in [-0.2, 0) is 5.33 Å². The van der Waals surface area contributed by atoms with Gasteiger partial charge in [-0.15, -0.1) is 0 Å². The zero-order valence-corrected chi connectivity index (χ0v) is 9.95. The van der Waals surface area contributed by atoms with E-state index in [4.69, 9.17) is 4.74 Å². The average Bonchev–Trinajstić information content (AvgIpc) is 2.32. The molecular formula is C12H9BrFNO. The molecule has 0 atom stereocenters.